The van der Waals surface area contributed by atoms with Crippen molar-refractivity contribution in [1.29, 1.82) is 0 Å². The van der Waals surface area contributed by atoms with Crippen LogP contribution in [0.4, 0.5) is 0 Å². The zero-order chi connectivity index (χ0) is 15.7. The van der Waals surface area contributed by atoms with E-state index in [9.17, 15) is 9.59 Å². The van der Waals surface area contributed by atoms with Gasteiger partial charge in [0.1, 0.15) is 0 Å². The standard InChI is InChI=1S/C14H20N6O2/c1-18-12-11(13(21)19(2)14(18)22)20(9-17-12)8-4-7-16-10-5-3-6-15-10/h9H,3-8H2,1-2H3,(H,15,16). The zero-order valence-corrected chi connectivity index (χ0v) is 12.9. The molecule has 8 nitrogen and oxygen atoms in total. The first-order valence-electron chi connectivity index (χ1n) is 7.47. The number of hydrogen-bond acceptors (Lipinski definition) is 5. The molecule has 0 unspecified atom stereocenters. The Morgan fingerprint density at radius 3 is 2.82 bits per heavy atom. The second kappa shape index (κ2) is 5.78. The molecule has 8 heteroatoms. The maximum Gasteiger partial charge on any atom is 0.332 e. The van der Waals surface area contributed by atoms with Crippen molar-refractivity contribution in [3.05, 3.63) is 27.2 Å². The average molecular weight is 304 g/mol. The number of fused-ring (bicyclic) bond motifs is 1. The Bertz CT molecular complexity index is 841. The highest BCUT2D eigenvalue weighted by Crippen LogP contribution is 2.06. The molecule has 0 atom stereocenters. The number of aryl methyl sites for hydroxylation is 2. The lowest BCUT2D eigenvalue weighted by Gasteiger charge is -2.08. The van der Waals surface area contributed by atoms with Crippen LogP contribution in [0.1, 0.15) is 19.3 Å². The first-order chi connectivity index (χ1) is 10.6. The molecule has 0 saturated heterocycles. The summed E-state index contributed by atoms with van der Waals surface area (Å²) < 4.78 is 4.33. The van der Waals surface area contributed by atoms with Crippen molar-refractivity contribution in [3.8, 4) is 0 Å². The molecule has 2 aromatic heterocycles. The molecule has 0 radical (unpaired) electrons. The van der Waals surface area contributed by atoms with Crippen molar-refractivity contribution < 1.29 is 0 Å². The Kier molecular flexibility index (Phi) is 3.82. The Labute approximate surface area is 127 Å². The lowest BCUT2D eigenvalue weighted by atomic mass is 10.3. The van der Waals surface area contributed by atoms with Crippen LogP contribution in [-0.4, -0.2) is 37.6 Å². The van der Waals surface area contributed by atoms with Crippen LogP contribution in [0.5, 0.6) is 0 Å². The second-order valence-electron chi connectivity index (χ2n) is 5.53. The molecule has 0 bridgehead atoms. The van der Waals surface area contributed by atoms with Gasteiger partial charge in [-0.2, -0.15) is 0 Å². The van der Waals surface area contributed by atoms with Crippen LogP contribution in [0.2, 0.25) is 0 Å². The maximum absolute atomic E-state index is 12.3. The molecule has 118 valence electrons. The van der Waals surface area contributed by atoms with Crippen LogP contribution >= 0.6 is 0 Å². The summed E-state index contributed by atoms with van der Waals surface area (Å²) in [6, 6.07) is 0. The highest BCUT2D eigenvalue weighted by atomic mass is 16.2. The highest BCUT2D eigenvalue weighted by molar-refractivity contribution is 5.83. The molecule has 0 spiro atoms. The lowest BCUT2D eigenvalue weighted by Crippen LogP contribution is -2.37. The quantitative estimate of drug-likeness (QED) is 0.779. The molecule has 3 rings (SSSR count). The molecule has 3 heterocycles. The van der Waals surface area contributed by atoms with E-state index in [0.717, 1.165) is 42.8 Å². The van der Waals surface area contributed by atoms with Crippen LogP contribution < -0.4 is 16.6 Å². The second-order valence-corrected chi connectivity index (χ2v) is 5.53. The predicted octanol–water partition coefficient (Wildman–Crippen LogP) is -0.394. The molecule has 1 N–H and O–H groups in total. The summed E-state index contributed by atoms with van der Waals surface area (Å²) in [5.41, 5.74) is 0.247. The number of hydrogen-bond donors (Lipinski definition) is 1. The van der Waals surface area contributed by atoms with E-state index in [1.54, 1.807) is 13.4 Å². The molecule has 1 aliphatic heterocycles. The van der Waals surface area contributed by atoms with E-state index in [-0.39, 0.29) is 11.2 Å². The molecule has 2 aromatic rings. The number of nitrogens with zero attached hydrogens (tertiary/aromatic N) is 5. The molecule has 1 aliphatic rings. The smallest absolute Gasteiger partial charge is 0.332 e. The van der Waals surface area contributed by atoms with Gasteiger partial charge in [0.2, 0.25) is 0 Å². The summed E-state index contributed by atoms with van der Waals surface area (Å²) in [5.74, 6) is 1.08. The van der Waals surface area contributed by atoms with Gasteiger partial charge < -0.3 is 9.88 Å². The first kappa shape index (κ1) is 14.6. The van der Waals surface area contributed by atoms with E-state index in [1.807, 2.05) is 4.57 Å². The van der Waals surface area contributed by atoms with Crippen LogP contribution in [0.25, 0.3) is 11.2 Å². The predicted molar refractivity (Wildman–Crippen MR) is 84.4 cm³/mol. The third kappa shape index (κ3) is 2.44. The molecule has 0 saturated carbocycles. The summed E-state index contributed by atoms with van der Waals surface area (Å²) in [5, 5.41) is 3.32. The van der Waals surface area contributed by atoms with E-state index in [0.29, 0.717) is 17.7 Å². The Morgan fingerprint density at radius 2 is 2.09 bits per heavy atom. The summed E-state index contributed by atoms with van der Waals surface area (Å²) >= 11 is 0. The highest BCUT2D eigenvalue weighted by Gasteiger charge is 2.14. The average Bonchev–Trinajstić information content (AvgIpc) is 3.17. The third-order valence-corrected chi connectivity index (χ3v) is 4.00. The van der Waals surface area contributed by atoms with E-state index in [2.05, 4.69) is 15.3 Å². The lowest BCUT2D eigenvalue weighted by molar-refractivity contribution is 0.635. The molecule has 0 fully saturated rings. The number of aromatic nitrogens is 4. The maximum atomic E-state index is 12.3. The minimum Gasteiger partial charge on any atom is -0.374 e. The van der Waals surface area contributed by atoms with Crippen molar-refractivity contribution in [1.82, 2.24) is 24.0 Å². The molecular weight excluding hydrogens is 284 g/mol. The van der Waals surface area contributed by atoms with Crippen LogP contribution in [0.15, 0.2) is 20.9 Å². The number of rotatable bonds is 4. The third-order valence-electron chi connectivity index (χ3n) is 4.00. The van der Waals surface area contributed by atoms with Crippen molar-refractivity contribution in [2.75, 3.05) is 13.1 Å². The van der Waals surface area contributed by atoms with Gasteiger partial charge in [-0.3, -0.25) is 18.9 Å². The van der Waals surface area contributed by atoms with Crippen molar-refractivity contribution in [2.45, 2.75) is 25.8 Å². The van der Waals surface area contributed by atoms with Gasteiger partial charge in [0, 0.05) is 40.2 Å². The summed E-state index contributed by atoms with van der Waals surface area (Å²) in [6.07, 6.45) is 4.63. The van der Waals surface area contributed by atoms with Crippen molar-refractivity contribution in [3.63, 3.8) is 0 Å². The van der Waals surface area contributed by atoms with E-state index >= 15 is 0 Å². The van der Waals surface area contributed by atoms with Gasteiger partial charge in [0.05, 0.1) is 12.2 Å². The SMILES string of the molecule is Cn1c(=O)c2c(ncn2CCCNC2=NCCC2)n(C)c1=O. The molecule has 0 aromatic carbocycles. The number of amidine groups is 1. The van der Waals surface area contributed by atoms with Crippen molar-refractivity contribution in [2.24, 2.45) is 19.1 Å². The largest absolute Gasteiger partial charge is 0.374 e. The minimum atomic E-state index is -0.358. The van der Waals surface area contributed by atoms with Gasteiger partial charge in [-0.05, 0) is 12.8 Å². The first-order valence-corrected chi connectivity index (χ1v) is 7.47. The molecule has 0 aliphatic carbocycles. The van der Waals surface area contributed by atoms with Crippen LogP contribution in [0, 0.1) is 0 Å². The number of aliphatic imine (C=N–C) groups is 1. The topological polar surface area (TPSA) is 86.2 Å². The minimum absolute atomic E-state index is 0.302. The van der Waals surface area contributed by atoms with Gasteiger partial charge in [-0.15, -0.1) is 0 Å². The summed E-state index contributed by atoms with van der Waals surface area (Å²) in [7, 11) is 3.11. The Morgan fingerprint density at radius 1 is 1.27 bits per heavy atom. The molecule has 22 heavy (non-hydrogen) atoms. The normalized spacial score (nSPS) is 14.5. The van der Waals surface area contributed by atoms with Gasteiger partial charge in [-0.25, -0.2) is 9.78 Å². The van der Waals surface area contributed by atoms with Crippen LogP contribution in [-0.2, 0) is 20.6 Å². The van der Waals surface area contributed by atoms with E-state index in [1.165, 1.54) is 11.6 Å². The van der Waals surface area contributed by atoms with Gasteiger partial charge in [0.15, 0.2) is 11.2 Å². The fourth-order valence-corrected chi connectivity index (χ4v) is 2.73. The zero-order valence-electron chi connectivity index (χ0n) is 12.9. The summed E-state index contributed by atoms with van der Waals surface area (Å²) in [6.45, 7) is 2.40. The van der Waals surface area contributed by atoms with Crippen LogP contribution in [0.3, 0.4) is 0 Å². The van der Waals surface area contributed by atoms with E-state index in [4.69, 9.17) is 0 Å². The summed E-state index contributed by atoms with van der Waals surface area (Å²) in [4.78, 5) is 32.7. The monoisotopic (exact) mass is 304 g/mol. The van der Waals surface area contributed by atoms with E-state index < -0.39 is 0 Å². The molecule has 0 amide bonds. The van der Waals surface area contributed by atoms with Gasteiger partial charge >= 0.3 is 5.69 Å². The number of nitrogens with one attached hydrogen (secondary N) is 1. The fourth-order valence-electron chi connectivity index (χ4n) is 2.73. The fraction of sp³-hybridized carbons (Fsp3) is 0.571. The van der Waals surface area contributed by atoms with Gasteiger partial charge in [0.25, 0.3) is 5.56 Å². The Hall–Kier alpha value is -2.38. The van der Waals surface area contributed by atoms with Crippen molar-refractivity contribution >= 4 is 17.0 Å². The van der Waals surface area contributed by atoms with Gasteiger partial charge in [-0.1, -0.05) is 0 Å². The number of imidazole rings is 1. The molecular formula is C14H20N6O2. The Balaban J connectivity index is 1.77.